The van der Waals surface area contributed by atoms with Crippen molar-refractivity contribution in [2.24, 2.45) is 0 Å². The van der Waals surface area contributed by atoms with Gasteiger partial charge >= 0.3 is 6.18 Å². The third-order valence-electron chi connectivity index (χ3n) is 4.98. The highest BCUT2D eigenvalue weighted by molar-refractivity contribution is 5.99. The van der Waals surface area contributed by atoms with Gasteiger partial charge in [0.15, 0.2) is 0 Å². The van der Waals surface area contributed by atoms with Crippen LogP contribution in [0.25, 0.3) is 0 Å². The lowest BCUT2D eigenvalue weighted by Gasteiger charge is -2.47. The molecule has 0 unspecified atom stereocenters. The number of halogens is 3. The summed E-state index contributed by atoms with van der Waals surface area (Å²) >= 11 is 0. The minimum absolute atomic E-state index is 0.0293. The first kappa shape index (κ1) is 18.2. The van der Waals surface area contributed by atoms with Crippen LogP contribution in [0.4, 0.5) is 13.2 Å². The van der Waals surface area contributed by atoms with Crippen LogP contribution in [0.3, 0.4) is 0 Å². The van der Waals surface area contributed by atoms with Gasteiger partial charge in [0.1, 0.15) is 12.1 Å². The van der Waals surface area contributed by atoms with Crippen molar-refractivity contribution in [1.29, 1.82) is 0 Å². The molecule has 3 amide bonds. The van der Waals surface area contributed by atoms with Crippen LogP contribution in [-0.2, 0) is 15.8 Å². The lowest BCUT2D eigenvalue weighted by atomic mass is 10.0. The Balaban J connectivity index is 1.76. The molecule has 2 heterocycles. The maximum atomic E-state index is 12.6. The molecule has 0 aliphatic carbocycles. The molecule has 0 saturated carbocycles. The van der Waals surface area contributed by atoms with Crippen molar-refractivity contribution >= 4 is 17.7 Å². The quantitative estimate of drug-likeness (QED) is 0.748. The second-order valence-electron chi connectivity index (χ2n) is 6.50. The van der Waals surface area contributed by atoms with Gasteiger partial charge in [0.25, 0.3) is 5.91 Å². The Kier molecular flexibility index (Phi) is 4.41. The van der Waals surface area contributed by atoms with Crippen molar-refractivity contribution in [3.05, 3.63) is 35.4 Å². The first-order chi connectivity index (χ1) is 12.1. The standard InChI is InChI=1S/C17H18F3N3O3/c1-10-14(24)23-8-7-22(9-13(23)16(26)21(10)2)15(25)11-3-5-12(6-4-11)17(18,19)20/h3-6,10,13H,7-9H2,1-2H3/t10-,13+/m0/s1. The smallest absolute Gasteiger partial charge is 0.334 e. The molecule has 6 nitrogen and oxygen atoms in total. The van der Waals surface area contributed by atoms with E-state index in [1.807, 2.05) is 0 Å². The number of rotatable bonds is 1. The molecular weight excluding hydrogens is 351 g/mol. The van der Waals surface area contributed by atoms with Gasteiger partial charge in [-0.3, -0.25) is 14.4 Å². The summed E-state index contributed by atoms with van der Waals surface area (Å²) in [4.78, 5) is 41.6. The second-order valence-corrected chi connectivity index (χ2v) is 6.50. The number of carbonyl (C=O) groups is 3. The third-order valence-corrected chi connectivity index (χ3v) is 4.98. The molecule has 2 aliphatic rings. The van der Waals surface area contributed by atoms with Crippen LogP contribution in [-0.4, -0.2) is 71.2 Å². The molecule has 2 fully saturated rings. The van der Waals surface area contributed by atoms with E-state index in [9.17, 15) is 27.6 Å². The van der Waals surface area contributed by atoms with Crippen LogP contribution >= 0.6 is 0 Å². The van der Waals surface area contributed by atoms with Crippen LogP contribution in [0, 0.1) is 0 Å². The Morgan fingerprint density at radius 2 is 1.69 bits per heavy atom. The Hall–Kier alpha value is -2.58. The highest BCUT2D eigenvalue weighted by atomic mass is 19.4. The SMILES string of the molecule is C[C@H]1C(=O)N2CCN(C(=O)c3ccc(C(F)(F)F)cc3)C[C@@H]2C(=O)N1C. The summed E-state index contributed by atoms with van der Waals surface area (Å²) in [6.07, 6.45) is -4.47. The van der Waals surface area contributed by atoms with Crippen LogP contribution in [0.15, 0.2) is 24.3 Å². The van der Waals surface area contributed by atoms with Gasteiger partial charge in [-0.2, -0.15) is 13.2 Å². The number of benzene rings is 1. The minimum atomic E-state index is -4.47. The van der Waals surface area contributed by atoms with Crippen LogP contribution in [0.5, 0.6) is 0 Å². The van der Waals surface area contributed by atoms with Crippen molar-refractivity contribution in [3.63, 3.8) is 0 Å². The normalized spacial score (nSPS) is 24.0. The van der Waals surface area contributed by atoms with Crippen molar-refractivity contribution in [2.45, 2.75) is 25.2 Å². The van der Waals surface area contributed by atoms with Gasteiger partial charge in [0.05, 0.1) is 12.1 Å². The molecule has 0 radical (unpaired) electrons. The van der Waals surface area contributed by atoms with E-state index in [0.717, 1.165) is 24.3 Å². The fourth-order valence-electron chi connectivity index (χ4n) is 3.26. The van der Waals surface area contributed by atoms with Gasteiger partial charge in [-0.15, -0.1) is 0 Å². The molecule has 2 saturated heterocycles. The molecule has 2 aliphatic heterocycles. The average molecular weight is 369 g/mol. The number of fused-ring (bicyclic) bond motifs is 1. The maximum absolute atomic E-state index is 12.6. The number of carbonyl (C=O) groups excluding carboxylic acids is 3. The van der Waals surface area contributed by atoms with Gasteiger partial charge in [0, 0.05) is 25.7 Å². The number of likely N-dealkylation sites (N-methyl/N-ethyl adjacent to an activating group) is 1. The minimum Gasteiger partial charge on any atom is -0.334 e. The molecule has 2 atom stereocenters. The predicted octanol–water partition coefficient (Wildman–Crippen LogP) is 1.22. The van der Waals surface area contributed by atoms with Crippen molar-refractivity contribution in [2.75, 3.05) is 26.7 Å². The Morgan fingerprint density at radius 1 is 1.08 bits per heavy atom. The lowest BCUT2D eigenvalue weighted by molar-refractivity contribution is -0.162. The zero-order chi connectivity index (χ0) is 19.2. The van der Waals surface area contributed by atoms with Crippen LogP contribution < -0.4 is 0 Å². The Labute approximate surface area is 148 Å². The fourth-order valence-corrected chi connectivity index (χ4v) is 3.26. The van der Waals surface area contributed by atoms with E-state index < -0.39 is 29.7 Å². The molecule has 0 aromatic heterocycles. The summed E-state index contributed by atoms with van der Waals surface area (Å²) in [6.45, 7) is 2.13. The van der Waals surface area contributed by atoms with Gasteiger partial charge in [-0.25, -0.2) is 0 Å². The van der Waals surface area contributed by atoms with E-state index >= 15 is 0 Å². The first-order valence-corrected chi connectivity index (χ1v) is 8.15. The van der Waals surface area contributed by atoms with Crippen LogP contribution in [0.2, 0.25) is 0 Å². The predicted molar refractivity (Wildman–Crippen MR) is 85.1 cm³/mol. The number of piperazine rings is 2. The van der Waals surface area contributed by atoms with E-state index in [-0.39, 0.29) is 37.0 Å². The van der Waals surface area contributed by atoms with Crippen molar-refractivity contribution < 1.29 is 27.6 Å². The van der Waals surface area contributed by atoms with E-state index in [4.69, 9.17) is 0 Å². The molecule has 0 N–H and O–H groups in total. The molecular formula is C17H18F3N3O3. The zero-order valence-electron chi connectivity index (χ0n) is 14.3. The summed E-state index contributed by atoms with van der Waals surface area (Å²) in [5, 5.41) is 0. The largest absolute Gasteiger partial charge is 0.416 e. The highest BCUT2D eigenvalue weighted by Crippen LogP contribution is 2.29. The molecule has 9 heteroatoms. The average Bonchev–Trinajstić information content (AvgIpc) is 2.63. The van der Waals surface area contributed by atoms with Crippen molar-refractivity contribution in [3.8, 4) is 0 Å². The molecule has 0 spiro atoms. The van der Waals surface area contributed by atoms with Gasteiger partial charge < -0.3 is 14.7 Å². The maximum Gasteiger partial charge on any atom is 0.416 e. The highest BCUT2D eigenvalue weighted by Gasteiger charge is 2.45. The molecule has 140 valence electrons. The van der Waals surface area contributed by atoms with E-state index in [0.29, 0.717) is 0 Å². The number of hydrogen-bond acceptors (Lipinski definition) is 3. The van der Waals surface area contributed by atoms with E-state index in [1.54, 1.807) is 14.0 Å². The topological polar surface area (TPSA) is 60.9 Å². The van der Waals surface area contributed by atoms with Gasteiger partial charge in [-0.1, -0.05) is 0 Å². The third kappa shape index (κ3) is 3.02. The summed E-state index contributed by atoms with van der Waals surface area (Å²) < 4.78 is 37.9. The Bertz CT molecular complexity index is 748. The summed E-state index contributed by atoms with van der Waals surface area (Å²) in [5.41, 5.74) is -0.717. The van der Waals surface area contributed by atoms with Gasteiger partial charge in [0.2, 0.25) is 11.8 Å². The summed E-state index contributed by atoms with van der Waals surface area (Å²) in [6, 6.07) is 2.66. The lowest BCUT2D eigenvalue weighted by Crippen LogP contribution is -2.69. The molecule has 0 bridgehead atoms. The van der Waals surface area contributed by atoms with E-state index in [1.165, 1.54) is 14.7 Å². The number of hydrogen-bond donors (Lipinski definition) is 0. The summed E-state index contributed by atoms with van der Waals surface area (Å²) in [7, 11) is 1.54. The van der Waals surface area contributed by atoms with Crippen LogP contribution in [0.1, 0.15) is 22.8 Å². The monoisotopic (exact) mass is 369 g/mol. The molecule has 1 aromatic rings. The fraction of sp³-hybridized carbons (Fsp3) is 0.471. The zero-order valence-corrected chi connectivity index (χ0v) is 14.3. The number of nitrogens with zero attached hydrogens (tertiary/aromatic N) is 3. The second kappa shape index (κ2) is 6.30. The molecule has 26 heavy (non-hydrogen) atoms. The number of amides is 3. The number of alkyl halides is 3. The van der Waals surface area contributed by atoms with Crippen molar-refractivity contribution in [1.82, 2.24) is 14.7 Å². The Morgan fingerprint density at radius 3 is 2.27 bits per heavy atom. The van der Waals surface area contributed by atoms with Gasteiger partial charge in [-0.05, 0) is 31.2 Å². The molecule has 3 rings (SSSR count). The molecule has 1 aromatic carbocycles. The van der Waals surface area contributed by atoms with E-state index in [2.05, 4.69) is 0 Å². The summed E-state index contributed by atoms with van der Waals surface area (Å²) in [5.74, 6) is -0.874. The first-order valence-electron chi connectivity index (χ1n) is 8.15.